The molecule has 3 heteroatoms. The SMILES string of the molecule is CC(=O)Oc1ccc([C@H](N)C2CC2)cc1. The van der Waals surface area contributed by atoms with Gasteiger partial charge < -0.3 is 10.5 Å². The molecule has 2 rings (SSSR count). The summed E-state index contributed by atoms with van der Waals surface area (Å²) in [5.41, 5.74) is 7.16. The van der Waals surface area contributed by atoms with Gasteiger partial charge in [-0.2, -0.15) is 0 Å². The van der Waals surface area contributed by atoms with Gasteiger partial charge in [0.15, 0.2) is 0 Å². The molecule has 0 amide bonds. The highest BCUT2D eigenvalue weighted by atomic mass is 16.5. The molecule has 1 aliphatic rings. The Morgan fingerprint density at radius 3 is 2.47 bits per heavy atom. The van der Waals surface area contributed by atoms with Gasteiger partial charge in [-0.05, 0) is 36.5 Å². The molecule has 1 fully saturated rings. The van der Waals surface area contributed by atoms with Crippen LogP contribution >= 0.6 is 0 Å². The summed E-state index contributed by atoms with van der Waals surface area (Å²) in [6.45, 7) is 1.39. The number of esters is 1. The Kier molecular flexibility index (Phi) is 2.73. The number of carbonyl (C=O) groups excluding carboxylic acids is 1. The van der Waals surface area contributed by atoms with Crippen LogP contribution in [0.15, 0.2) is 24.3 Å². The Labute approximate surface area is 89.2 Å². The second-order valence-corrected chi connectivity index (χ2v) is 4.03. The van der Waals surface area contributed by atoms with E-state index in [0.29, 0.717) is 11.7 Å². The third-order valence-electron chi connectivity index (χ3n) is 2.66. The van der Waals surface area contributed by atoms with Gasteiger partial charge in [0, 0.05) is 13.0 Å². The normalized spacial score (nSPS) is 17.2. The molecule has 0 aromatic heterocycles. The van der Waals surface area contributed by atoms with E-state index in [1.165, 1.54) is 19.8 Å². The lowest BCUT2D eigenvalue weighted by atomic mass is 10.0. The zero-order valence-corrected chi connectivity index (χ0v) is 8.77. The molecule has 0 bridgehead atoms. The summed E-state index contributed by atoms with van der Waals surface area (Å²) >= 11 is 0. The Morgan fingerprint density at radius 1 is 1.40 bits per heavy atom. The van der Waals surface area contributed by atoms with E-state index in [-0.39, 0.29) is 12.0 Å². The lowest BCUT2D eigenvalue weighted by molar-refractivity contribution is -0.131. The van der Waals surface area contributed by atoms with Crippen LogP contribution in [0, 0.1) is 5.92 Å². The van der Waals surface area contributed by atoms with Crippen LogP contribution < -0.4 is 10.5 Å². The minimum Gasteiger partial charge on any atom is -0.427 e. The maximum atomic E-state index is 10.7. The van der Waals surface area contributed by atoms with E-state index in [1.807, 2.05) is 12.1 Å². The zero-order chi connectivity index (χ0) is 10.8. The molecule has 0 saturated heterocycles. The van der Waals surface area contributed by atoms with Crippen LogP contribution in [0.1, 0.15) is 31.4 Å². The van der Waals surface area contributed by atoms with Crippen molar-refractivity contribution >= 4 is 5.97 Å². The Morgan fingerprint density at radius 2 is 2.00 bits per heavy atom. The van der Waals surface area contributed by atoms with Gasteiger partial charge in [-0.3, -0.25) is 4.79 Å². The van der Waals surface area contributed by atoms with Gasteiger partial charge in [0.05, 0.1) is 0 Å². The number of nitrogens with two attached hydrogens (primary N) is 1. The topological polar surface area (TPSA) is 52.3 Å². The molecule has 0 heterocycles. The molecule has 3 nitrogen and oxygen atoms in total. The summed E-state index contributed by atoms with van der Waals surface area (Å²) in [4.78, 5) is 10.7. The molecule has 1 aliphatic carbocycles. The number of carbonyl (C=O) groups is 1. The minimum absolute atomic E-state index is 0.136. The summed E-state index contributed by atoms with van der Waals surface area (Å²) in [5, 5.41) is 0. The van der Waals surface area contributed by atoms with Gasteiger partial charge in [-0.25, -0.2) is 0 Å². The molecule has 0 aliphatic heterocycles. The summed E-state index contributed by atoms with van der Waals surface area (Å²) in [6, 6.07) is 7.58. The van der Waals surface area contributed by atoms with Crippen molar-refractivity contribution in [3.8, 4) is 5.75 Å². The fourth-order valence-corrected chi connectivity index (χ4v) is 1.65. The van der Waals surface area contributed by atoms with E-state index in [9.17, 15) is 4.79 Å². The highest BCUT2D eigenvalue weighted by molar-refractivity contribution is 5.69. The molecule has 80 valence electrons. The first kappa shape index (κ1) is 10.2. The second-order valence-electron chi connectivity index (χ2n) is 4.03. The summed E-state index contributed by atoms with van der Waals surface area (Å²) in [7, 11) is 0. The van der Waals surface area contributed by atoms with Gasteiger partial charge in [0.1, 0.15) is 5.75 Å². The van der Waals surface area contributed by atoms with Crippen molar-refractivity contribution in [1.82, 2.24) is 0 Å². The first-order valence-corrected chi connectivity index (χ1v) is 5.21. The largest absolute Gasteiger partial charge is 0.427 e. The van der Waals surface area contributed by atoms with Crippen molar-refractivity contribution in [2.24, 2.45) is 11.7 Å². The van der Waals surface area contributed by atoms with Crippen LogP contribution in [-0.2, 0) is 4.79 Å². The van der Waals surface area contributed by atoms with Crippen LogP contribution in [-0.4, -0.2) is 5.97 Å². The highest BCUT2D eigenvalue weighted by Gasteiger charge is 2.29. The van der Waals surface area contributed by atoms with Gasteiger partial charge in [-0.15, -0.1) is 0 Å². The predicted molar refractivity (Wildman–Crippen MR) is 57.4 cm³/mol. The highest BCUT2D eigenvalue weighted by Crippen LogP contribution is 2.39. The predicted octanol–water partition coefficient (Wildman–Crippen LogP) is 2.02. The van der Waals surface area contributed by atoms with Crippen molar-refractivity contribution < 1.29 is 9.53 Å². The van der Waals surface area contributed by atoms with E-state index >= 15 is 0 Å². The first-order chi connectivity index (χ1) is 7.16. The molecule has 0 radical (unpaired) electrons. The fraction of sp³-hybridized carbons (Fsp3) is 0.417. The van der Waals surface area contributed by atoms with Crippen molar-refractivity contribution in [3.05, 3.63) is 29.8 Å². The molecule has 0 unspecified atom stereocenters. The molecule has 1 aromatic rings. The third-order valence-corrected chi connectivity index (χ3v) is 2.66. The van der Waals surface area contributed by atoms with E-state index in [2.05, 4.69) is 0 Å². The van der Waals surface area contributed by atoms with Crippen LogP contribution in [0.25, 0.3) is 0 Å². The lowest BCUT2D eigenvalue weighted by Crippen LogP contribution is -2.12. The molecule has 0 spiro atoms. The molecule has 15 heavy (non-hydrogen) atoms. The zero-order valence-electron chi connectivity index (χ0n) is 8.77. The Hall–Kier alpha value is -1.35. The maximum Gasteiger partial charge on any atom is 0.308 e. The molecule has 2 N–H and O–H groups in total. The smallest absolute Gasteiger partial charge is 0.308 e. The minimum atomic E-state index is -0.297. The Balaban J connectivity index is 2.05. The standard InChI is InChI=1S/C12H15NO2/c1-8(14)15-11-6-4-10(5-7-11)12(13)9-2-3-9/h4-7,9,12H,2-3,13H2,1H3/t12-/m1/s1. The van der Waals surface area contributed by atoms with E-state index < -0.39 is 0 Å². The number of ether oxygens (including phenoxy) is 1. The molecular weight excluding hydrogens is 190 g/mol. The van der Waals surface area contributed by atoms with Crippen LogP contribution in [0.2, 0.25) is 0 Å². The van der Waals surface area contributed by atoms with Crippen molar-refractivity contribution in [2.45, 2.75) is 25.8 Å². The summed E-state index contributed by atoms with van der Waals surface area (Å²) in [5.74, 6) is 0.924. The third kappa shape index (κ3) is 2.57. The summed E-state index contributed by atoms with van der Waals surface area (Å²) < 4.78 is 4.95. The van der Waals surface area contributed by atoms with Gasteiger partial charge in [-0.1, -0.05) is 12.1 Å². The van der Waals surface area contributed by atoms with Gasteiger partial charge in [0.25, 0.3) is 0 Å². The molecular formula is C12H15NO2. The Bertz CT molecular complexity index is 354. The number of benzene rings is 1. The molecule has 1 aromatic carbocycles. The van der Waals surface area contributed by atoms with Crippen molar-refractivity contribution in [2.75, 3.05) is 0 Å². The fourth-order valence-electron chi connectivity index (χ4n) is 1.65. The number of hydrogen-bond donors (Lipinski definition) is 1. The summed E-state index contributed by atoms with van der Waals surface area (Å²) in [6.07, 6.45) is 2.46. The van der Waals surface area contributed by atoms with Crippen LogP contribution in [0.3, 0.4) is 0 Å². The lowest BCUT2D eigenvalue weighted by Gasteiger charge is -2.10. The quantitative estimate of drug-likeness (QED) is 0.606. The number of rotatable bonds is 3. The number of hydrogen-bond acceptors (Lipinski definition) is 3. The van der Waals surface area contributed by atoms with E-state index in [1.54, 1.807) is 12.1 Å². The van der Waals surface area contributed by atoms with Crippen LogP contribution in [0.4, 0.5) is 0 Å². The van der Waals surface area contributed by atoms with Crippen molar-refractivity contribution in [3.63, 3.8) is 0 Å². The second kappa shape index (κ2) is 4.03. The van der Waals surface area contributed by atoms with Gasteiger partial charge >= 0.3 is 5.97 Å². The maximum absolute atomic E-state index is 10.7. The van der Waals surface area contributed by atoms with E-state index in [0.717, 1.165) is 5.56 Å². The monoisotopic (exact) mass is 205 g/mol. The van der Waals surface area contributed by atoms with E-state index in [4.69, 9.17) is 10.5 Å². The average molecular weight is 205 g/mol. The molecule has 1 atom stereocenters. The van der Waals surface area contributed by atoms with Crippen LogP contribution in [0.5, 0.6) is 5.75 Å². The van der Waals surface area contributed by atoms with Crippen molar-refractivity contribution in [1.29, 1.82) is 0 Å². The average Bonchev–Trinajstić information content (AvgIpc) is 3.00. The van der Waals surface area contributed by atoms with Gasteiger partial charge in [0.2, 0.25) is 0 Å². The first-order valence-electron chi connectivity index (χ1n) is 5.21. The molecule has 1 saturated carbocycles.